The highest BCUT2D eigenvalue weighted by Gasteiger charge is 2.33. The molecule has 8 heteroatoms. The zero-order valence-electron chi connectivity index (χ0n) is 9.54. The van der Waals surface area contributed by atoms with Gasteiger partial charge in [-0.25, -0.2) is 0 Å². The van der Waals surface area contributed by atoms with Crippen molar-refractivity contribution in [1.29, 1.82) is 0 Å². The smallest absolute Gasteiger partial charge is 0.328 e. The van der Waals surface area contributed by atoms with Crippen molar-refractivity contribution < 1.29 is 18.0 Å². The lowest BCUT2D eigenvalue weighted by molar-refractivity contribution is -0.140. The average Bonchev–Trinajstić information content (AvgIpc) is 2.85. The minimum absolute atomic E-state index is 0.0262. The Balaban J connectivity index is 2.21. The van der Waals surface area contributed by atoms with Crippen LogP contribution in [0.25, 0.3) is 9.40 Å². The third kappa shape index (κ3) is 3.61. The van der Waals surface area contributed by atoms with Crippen LogP contribution in [0.2, 0.25) is 0 Å². The molecule has 0 aromatic carbocycles. The van der Waals surface area contributed by atoms with Crippen LogP contribution in [-0.2, 0) is 0 Å². The van der Waals surface area contributed by atoms with Crippen LogP contribution >= 0.6 is 34.3 Å². The number of fused-ring (bicyclic) bond motifs is 1. The fourth-order valence-corrected chi connectivity index (χ4v) is 3.88. The SMILES string of the molecule is O=C(c1cc2sccc2s1)N(CCCl)CC(F)(F)F. The van der Waals surface area contributed by atoms with Gasteiger partial charge in [0.05, 0.1) is 4.88 Å². The fraction of sp³-hybridized carbons (Fsp3) is 0.364. The molecular weight excluding hydrogens is 319 g/mol. The highest BCUT2D eigenvalue weighted by Crippen LogP contribution is 2.31. The van der Waals surface area contributed by atoms with E-state index in [9.17, 15) is 18.0 Å². The number of hydrogen-bond donors (Lipinski definition) is 0. The summed E-state index contributed by atoms with van der Waals surface area (Å²) in [7, 11) is 0. The number of carbonyl (C=O) groups excluding carboxylic acids is 1. The van der Waals surface area contributed by atoms with Crippen LogP contribution in [0, 0.1) is 0 Å². The first-order valence-corrected chi connectivity index (χ1v) is 7.53. The summed E-state index contributed by atoms with van der Waals surface area (Å²) in [6, 6.07) is 3.47. The quantitative estimate of drug-likeness (QED) is 0.770. The summed E-state index contributed by atoms with van der Waals surface area (Å²) in [5.41, 5.74) is 0. The molecule has 0 radical (unpaired) electrons. The molecule has 104 valence electrons. The molecule has 0 unspecified atom stereocenters. The molecule has 0 N–H and O–H groups in total. The van der Waals surface area contributed by atoms with Gasteiger partial charge in [-0.3, -0.25) is 4.79 Å². The second-order valence-electron chi connectivity index (χ2n) is 3.79. The number of halogens is 4. The lowest BCUT2D eigenvalue weighted by Crippen LogP contribution is -2.39. The van der Waals surface area contributed by atoms with Crippen molar-refractivity contribution in [3.05, 3.63) is 22.4 Å². The van der Waals surface area contributed by atoms with E-state index in [1.54, 1.807) is 6.07 Å². The lowest BCUT2D eigenvalue weighted by Gasteiger charge is -2.22. The fourth-order valence-electron chi connectivity index (χ4n) is 1.60. The molecule has 0 aliphatic heterocycles. The van der Waals surface area contributed by atoms with Crippen LogP contribution in [0.3, 0.4) is 0 Å². The lowest BCUT2D eigenvalue weighted by atomic mass is 10.3. The normalized spacial score (nSPS) is 12.0. The molecule has 19 heavy (non-hydrogen) atoms. The van der Waals surface area contributed by atoms with Gasteiger partial charge in [-0.05, 0) is 17.5 Å². The van der Waals surface area contributed by atoms with Crippen LogP contribution in [-0.4, -0.2) is 36.0 Å². The molecule has 0 fully saturated rings. The molecule has 0 saturated heterocycles. The van der Waals surface area contributed by atoms with Crippen LogP contribution in [0.15, 0.2) is 17.5 Å². The van der Waals surface area contributed by atoms with E-state index in [1.165, 1.54) is 22.7 Å². The summed E-state index contributed by atoms with van der Waals surface area (Å²) < 4.78 is 39.1. The molecule has 2 aromatic rings. The van der Waals surface area contributed by atoms with E-state index in [0.29, 0.717) is 4.88 Å². The summed E-state index contributed by atoms with van der Waals surface area (Å²) in [5.74, 6) is -0.645. The third-order valence-electron chi connectivity index (χ3n) is 2.36. The summed E-state index contributed by atoms with van der Waals surface area (Å²) in [6.07, 6.45) is -4.42. The van der Waals surface area contributed by atoms with Crippen molar-refractivity contribution in [2.45, 2.75) is 6.18 Å². The molecular formula is C11H9ClF3NOS2. The first kappa shape index (κ1) is 14.6. The molecule has 0 spiro atoms. The van der Waals surface area contributed by atoms with Gasteiger partial charge in [0.2, 0.25) is 0 Å². The Bertz CT molecular complexity index is 549. The predicted octanol–water partition coefficient (Wildman–Crippen LogP) is 4.21. The number of rotatable bonds is 4. The van der Waals surface area contributed by atoms with Gasteiger partial charge < -0.3 is 4.90 Å². The molecule has 0 aliphatic rings. The topological polar surface area (TPSA) is 20.3 Å². The largest absolute Gasteiger partial charge is 0.406 e. The monoisotopic (exact) mass is 327 g/mol. The Hall–Kier alpha value is -0.790. The van der Waals surface area contributed by atoms with Gasteiger partial charge >= 0.3 is 6.18 Å². The Morgan fingerprint density at radius 2 is 2.11 bits per heavy atom. The number of amides is 1. The van der Waals surface area contributed by atoms with Gasteiger partial charge in [-0.15, -0.1) is 34.3 Å². The van der Waals surface area contributed by atoms with E-state index in [4.69, 9.17) is 11.6 Å². The molecule has 2 heterocycles. The van der Waals surface area contributed by atoms with Crippen LogP contribution in [0.1, 0.15) is 9.67 Å². The van der Waals surface area contributed by atoms with E-state index in [-0.39, 0.29) is 12.4 Å². The maximum Gasteiger partial charge on any atom is 0.406 e. The summed E-state index contributed by atoms with van der Waals surface area (Å²) in [5, 5.41) is 1.88. The summed E-state index contributed by atoms with van der Waals surface area (Å²) in [6.45, 7) is -1.39. The average molecular weight is 328 g/mol. The van der Waals surface area contributed by atoms with Crippen LogP contribution in [0.5, 0.6) is 0 Å². The van der Waals surface area contributed by atoms with E-state index in [1.807, 2.05) is 11.4 Å². The molecule has 0 bridgehead atoms. The number of thiophene rings is 2. The molecule has 1 amide bonds. The van der Waals surface area contributed by atoms with Crippen LogP contribution in [0.4, 0.5) is 13.2 Å². The first-order valence-electron chi connectivity index (χ1n) is 5.30. The second kappa shape index (κ2) is 5.68. The first-order chi connectivity index (χ1) is 8.90. The van der Waals surface area contributed by atoms with Gasteiger partial charge in [0, 0.05) is 21.8 Å². The Kier molecular flexibility index (Phi) is 4.37. The van der Waals surface area contributed by atoms with E-state index < -0.39 is 18.6 Å². The molecule has 2 aromatic heterocycles. The van der Waals surface area contributed by atoms with Gasteiger partial charge in [0.15, 0.2) is 0 Å². The maximum atomic E-state index is 12.4. The van der Waals surface area contributed by atoms with Crippen molar-refractivity contribution in [3.8, 4) is 0 Å². The number of alkyl halides is 4. The van der Waals surface area contributed by atoms with Gasteiger partial charge in [-0.1, -0.05) is 0 Å². The van der Waals surface area contributed by atoms with Crippen molar-refractivity contribution >= 4 is 49.6 Å². The third-order valence-corrected chi connectivity index (χ3v) is 4.61. The molecule has 2 nitrogen and oxygen atoms in total. The molecule has 2 rings (SSSR count). The van der Waals surface area contributed by atoms with E-state index in [2.05, 4.69) is 0 Å². The van der Waals surface area contributed by atoms with Crippen molar-refractivity contribution in [1.82, 2.24) is 4.90 Å². The standard InChI is InChI=1S/C11H9ClF3NOS2/c12-2-3-16(6-11(13,14)15)10(17)9-5-8-7(19-9)1-4-18-8/h1,4-5H,2-3,6H2. The number of carbonyl (C=O) groups is 1. The highest BCUT2D eigenvalue weighted by molar-refractivity contribution is 7.27. The van der Waals surface area contributed by atoms with Gasteiger partial charge in [0.25, 0.3) is 5.91 Å². The van der Waals surface area contributed by atoms with Crippen molar-refractivity contribution in [3.63, 3.8) is 0 Å². The zero-order chi connectivity index (χ0) is 14.0. The second-order valence-corrected chi connectivity index (χ2v) is 6.20. The number of hydrogen-bond acceptors (Lipinski definition) is 3. The minimum Gasteiger partial charge on any atom is -0.328 e. The van der Waals surface area contributed by atoms with Crippen LogP contribution < -0.4 is 0 Å². The summed E-state index contributed by atoms with van der Waals surface area (Å²) in [4.78, 5) is 13.1. The Morgan fingerprint density at radius 3 is 2.68 bits per heavy atom. The maximum absolute atomic E-state index is 12.4. The Labute approximate surface area is 120 Å². The minimum atomic E-state index is -4.42. The molecule has 0 saturated carbocycles. The van der Waals surface area contributed by atoms with E-state index in [0.717, 1.165) is 14.3 Å². The highest BCUT2D eigenvalue weighted by atomic mass is 35.5. The van der Waals surface area contributed by atoms with E-state index >= 15 is 0 Å². The van der Waals surface area contributed by atoms with Gasteiger partial charge in [-0.2, -0.15) is 13.2 Å². The Morgan fingerprint density at radius 1 is 1.37 bits per heavy atom. The van der Waals surface area contributed by atoms with Gasteiger partial charge in [0.1, 0.15) is 6.54 Å². The predicted molar refractivity (Wildman–Crippen MR) is 72.4 cm³/mol. The molecule has 0 aliphatic carbocycles. The summed E-state index contributed by atoms with van der Waals surface area (Å²) >= 11 is 8.11. The van der Waals surface area contributed by atoms with Crippen molar-refractivity contribution in [2.75, 3.05) is 19.0 Å². The zero-order valence-corrected chi connectivity index (χ0v) is 11.9. The van der Waals surface area contributed by atoms with Crippen molar-refractivity contribution in [2.24, 2.45) is 0 Å². The molecule has 0 atom stereocenters. The number of nitrogens with zero attached hydrogens (tertiary/aromatic N) is 1.